The molecule has 1 aromatic heterocycles. The van der Waals surface area contributed by atoms with E-state index in [4.69, 9.17) is 0 Å². The summed E-state index contributed by atoms with van der Waals surface area (Å²) < 4.78 is 2.30. The summed E-state index contributed by atoms with van der Waals surface area (Å²) >= 11 is 0. The molecule has 2 heterocycles. The molecule has 0 bridgehead atoms. The lowest BCUT2D eigenvalue weighted by Gasteiger charge is -2.33. The van der Waals surface area contributed by atoms with Crippen LogP contribution >= 0.6 is 0 Å². The first kappa shape index (κ1) is 17.0. The zero-order chi connectivity index (χ0) is 16.9. The van der Waals surface area contributed by atoms with Gasteiger partial charge in [0.2, 0.25) is 11.8 Å². The van der Waals surface area contributed by atoms with E-state index >= 15 is 0 Å². The van der Waals surface area contributed by atoms with Crippen LogP contribution in [0.1, 0.15) is 57.2 Å². The smallest absolute Gasteiger partial charge is 0.222 e. The Morgan fingerprint density at radius 2 is 2.17 bits per heavy atom. The molecule has 0 aromatic carbocycles. The van der Waals surface area contributed by atoms with Crippen molar-refractivity contribution >= 4 is 11.8 Å². The molecule has 1 saturated heterocycles. The number of rotatable bonds is 7. The first-order valence-corrected chi connectivity index (χ1v) is 9.16. The fraction of sp³-hybridized carbons (Fsp3) is 0.722. The van der Waals surface area contributed by atoms with Gasteiger partial charge in [-0.15, -0.1) is 0 Å². The standard InChI is InChI=1S/C18H28N4O2/c1-14(23)19-8-2-5-17(24)21-10-3-4-16(13-21)18-20-9-11-22(18)12-15-6-7-15/h9,11,15-16H,2-8,10,12-13H2,1H3,(H,19,23)/t16-/m0/s1. The summed E-state index contributed by atoms with van der Waals surface area (Å²) in [4.78, 5) is 29.8. The van der Waals surface area contributed by atoms with Gasteiger partial charge in [-0.3, -0.25) is 9.59 Å². The summed E-state index contributed by atoms with van der Waals surface area (Å²) in [6, 6.07) is 0. The highest BCUT2D eigenvalue weighted by molar-refractivity contribution is 5.76. The Hall–Kier alpha value is -1.85. The summed E-state index contributed by atoms with van der Waals surface area (Å²) in [5, 5.41) is 2.74. The first-order chi connectivity index (χ1) is 11.6. The van der Waals surface area contributed by atoms with Crippen LogP contribution in [0.15, 0.2) is 12.4 Å². The fourth-order valence-electron chi connectivity index (χ4n) is 3.49. The zero-order valence-electron chi connectivity index (χ0n) is 14.5. The summed E-state index contributed by atoms with van der Waals surface area (Å²) in [7, 11) is 0. The SMILES string of the molecule is CC(=O)NCCCC(=O)N1CCC[C@H](c2nccn2CC2CC2)C1. The van der Waals surface area contributed by atoms with Gasteiger partial charge in [-0.05, 0) is 38.0 Å². The predicted octanol–water partition coefficient (Wildman–Crippen LogP) is 1.92. The minimum absolute atomic E-state index is 0.0389. The molecule has 24 heavy (non-hydrogen) atoms. The maximum Gasteiger partial charge on any atom is 0.222 e. The summed E-state index contributed by atoms with van der Waals surface area (Å²) in [6.45, 7) is 4.78. The van der Waals surface area contributed by atoms with Gasteiger partial charge in [0.25, 0.3) is 0 Å². The second kappa shape index (κ2) is 7.81. The molecule has 0 spiro atoms. The number of carbonyl (C=O) groups is 2. The molecular formula is C18H28N4O2. The number of hydrogen-bond acceptors (Lipinski definition) is 3. The van der Waals surface area contributed by atoms with Crippen molar-refractivity contribution in [2.45, 2.75) is 57.9 Å². The third-order valence-electron chi connectivity index (χ3n) is 4.98. The van der Waals surface area contributed by atoms with Gasteiger partial charge < -0.3 is 14.8 Å². The third kappa shape index (κ3) is 4.58. The van der Waals surface area contributed by atoms with Gasteiger partial charge >= 0.3 is 0 Å². The molecule has 6 heteroatoms. The van der Waals surface area contributed by atoms with E-state index in [0.717, 1.165) is 44.2 Å². The number of amides is 2. The quantitative estimate of drug-likeness (QED) is 0.776. The second-order valence-electron chi connectivity index (χ2n) is 7.15. The van der Waals surface area contributed by atoms with Crippen molar-refractivity contribution in [3.8, 4) is 0 Å². The van der Waals surface area contributed by atoms with Crippen molar-refractivity contribution in [3.05, 3.63) is 18.2 Å². The van der Waals surface area contributed by atoms with E-state index < -0.39 is 0 Å². The number of imidazole rings is 1. The van der Waals surface area contributed by atoms with Crippen LogP contribution in [0.5, 0.6) is 0 Å². The van der Waals surface area contributed by atoms with Gasteiger partial charge in [-0.25, -0.2) is 4.98 Å². The van der Waals surface area contributed by atoms with E-state index in [1.54, 1.807) is 0 Å². The number of piperidine rings is 1. The molecular weight excluding hydrogens is 304 g/mol. The minimum atomic E-state index is -0.0389. The lowest BCUT2D eigenvalue weighted by atomic mass is 9.96. The number of nitrogens with zero attached hydrogens (tertiary/aromatic N) is 3. The van der Waals surface area contributed by atoms with E-state index in [9.17, 15) is 9.59 Å². The second-order valence-corrected chi connectivity index (χ2v) is 7.15. The molecule has 1 N–H and O–H groups in total. The average molecular weight is 332 g/mol. The van der Waals surface area contributed by atoms with Gasteiger partial charge in [-0.1, -0.05) is 0 Å². The maximum atomic E-state index is 12.4. The third-order valence-corrected chi connectivity index (χ3v) is 4.98. The Kier molecular flexibility index (Phi) is 5.53. The summed E-state index contributed by atoms with van der Waals surface area (Å²) in [5.74, 6) is 2.49. The van der Waals surface area contributed by atoms with Crippen LogP contribution in [0, 0.1) is 5.92 Å². The molecule has 2 fully saturated rings. The fourth-order valence-corrected chi connectivity index (χ4v) is 3.49. The molecule has 1 atom stereocenters. The lowest BCUT2D eigenvalue weighted by molar-refractivity contribution is -0.132. The zero-order valence-corrected chi connectivity index (χ0v) is 14.5. The van der Waals surface area contributed by atoms with Gasteiger partial charge in [0, 0.05) is 57.8 Å². The average Bonchev–Trinajstić information content (AvgIpc) is 3.26. The van der Waals surface area contributed by atoms with Crippen molar-refractivity contribution in [2.75, 3.05) is 19.6 Å². The maximum absolute atomic E-state index is 12.4. The Bertz CT molecular complexity index is 579. The summed E-state index contributed by atoms with van der Waals surface area (Å²) in [6.07, 6.45) is 10.0. The molecule has 0 radical (unpaired) electrons. The minimum Gasteiger partial charge on any atom is -0.356 e. The van der Waals surface area contributed by atoms with Crippen molar-refractivity contribution < 1.29 is 9.59 Å². The van der Waals surface area contributed by atoms with Crippen LogP contribution in [-0.2, 0) is 16.1 Å². The molecule has 0 unspecified atom stereocenters. The number of likely N-dealkylation sites (tertiary alicyclic amines) is 1. The molecule has 1 aliphatic heterocycles. The largest absolute Gasteiger partial charge is 0.356 e. The molecule has 1 saturated carbocycles. The lowest BCUT2D eigenvalue weighted by Crippen LogP contribution is -2.40. The Morgan fingerprint density at radius 1 is 1.33 bits per heavy atom. The highest BCUT2D eigenvalue weighted by atomic mass is 16.2. The Morgan fingerprint density at radius 3 is 2.92 bits per heavy atom. The Labute approximate surface area is 143 Å². The van der Waals surface area contributed by atoms with E-state index in [1.807, 2.05) is 11.1 Å². The Balaban J connectivity index is 1.51. The van der Waals surface area contributed by atoms with Crippen molar-refractivity contribution in [2.24, 2.45) is 5.92 Å². The molecule has 6 nitrogen and oxygen atoms in total. The van der Waals surface area contributed by atoms with Gasteiger partial charge in [0.05, 0.1) is 0 Å². The van der Waals surface area contributed by atoms with Crippen molar-refractivity contribution in [1.82, 2.24) is 19.8 Å². The highest BCUT2D eigenvalue weighted by Gasteiger charge is 2.29. The monoisotopic (exact) mass is 332 g/mol. The van der Waals surface area contributed by atoms with E-state index in [-0.39, 0.29) is 11.8 Å². The van der Waals surface area contributed by atoms with Crippen molar-refractivity contribution in [3.63, 3.8) is 0 Å². The topological polar surface area (TPSA) is 67.2 Å². The molecule has 3 rings (SSSR count). The summed E-state index contributed by atoms with van der Waals surface area (Å²) in [5.41, 5.74) is 0. The number of hydrogen-bond donors (Lipinski definition) is 1. The molecule has 1 aliphatic carbocycles. The number of aromatic nitrogens is 2. The van der Waals surface area contributed by atoms with E-state index in [0.29, 0.717) is 25.3 Å². The number of nitrogens with one attached hydrogen (secondary N) is 1. The number of carbonyl (C=O) groups excluding carboxylic acids is 2. The first-order valence-electron chi connectivity index (χ1n) is 9.16. The molecule has 2 amide bonds. The van der Waals surface area contributed by atoms with Crippen LogP contribution < -0.4 is 5.32 Å². The van der Waals surface area contributed by atoms with Crippen molar-refractivity contribution in [1.29, 1.82) is 0 Å². The molecule has 2 aliphatic rings. The normalized spacial score (nSPS) is 20.9. The van der Waals surface area contributed by atoms with Crippen LogP contribution in [0.3, 0.4) is 0 Å². The van der Waals surface area contributed by atoms with Gasteiger partial charge in [-0.2, -0.15) is 0 Å². The van der Waals surface area contributed by atoms with Gasteiger partial charge in [0.1, 0.15) is 5.82 Å². The van der Waals surface area contributed by atoms with E-state index in [2.05, 4.69) is 21.1 Å². The van der Waals surface area contributed by atoms with Crippen LogP contribution in [0.2, 0.25) is 0 Å². The van der Waals surface area contributed by atoms with Crippen LogP contribution in [0.25, 0.3) is 0 Å². The molecule has 132 valence electrons. The predicted molar refractivity (Wildman–Crippen MR) is 91.4 cm³/mol. The van der Waals surface area contributed by atoms with Crippen LogP contribution in [-0.4, -0.2) is 45.9 Å². The molecule has 1 aromatic rings. The van der Waals surface area contributed by atoms with Gasteiger partial charge in [0.15, 0.2) is 0 Å². The van der Waals surface area contributed by atoms with Crippen LogP contribution in [0.4, 0.5) is 0 Å². The van der Waals surface area contributed by atoms with E-state index in [1.165, 1.54) is 19.8 Å². The highest BCUT2D eigenvalue weighted by Crippen LogP contribution is 2.33.